The first-order valence-electron chi connectivity index (χ1n) is 17.6. The Bertz CT molecular complexity index is 1620. The lowest BCUT2D eigenvalue weighted by molar-refractivity contribution is -0.364. The Labute approximate surface area is 319 Å². The summed E-state index contributed by atoms with van der Waals surface area (Å²) in [6.07, 6.45) is -22.3. The lowest BCUT2D eigenvalue weighted by Crippen LogP contribution is -2.65. The van der Waals surface area contributed by atoms with Crippen molar-refractivity contribution in [3.63, 3.8) is 0 Å². The van der Waals surface area contributed by atoms with Gasteiger partial charge >= 0.3 is 5.97 Å². The van der Waals surface area contributed by atoms with Gasteiger partial charge in [0.25, 0.3) is 0 Å². The highest BCUT2D eigenvalue weighted by molar-refractivity contribution is 5.87. The van der Waals surface area contributed by atoms with Crippen LogP contribution in [0, 0.1) is 0 Å². The number of aliphatic hydroxyl groups is 8. The van der Waals surface area contributed by atoms with Gasteiger partial charge in [-0.15, -0.1) is 0 Å². The van der Waals surface area contributed by atoms with E-state index in [1.165, 1.54) is 38.3 Å². The summed E-state index contributed by atoms with van der Waals surface area (Å²) >= 11 is 0. The normalized spacial score (nSPS) is 36.4. The maximum Gasteiger partial charge on any atom is 0.331 e. The van der Waals surface area contributed by atoms with Crippen LogP contribution in [-0.4, -0.2) is 181 Å². The molecule has 56 heavy (non-hydrogen) atoms. The number of methoxy groups -OCH3 is 1. The number of hydrogen-bond donors (Lipinski definition) is 11. The zero-order chi connectivity index (χ0) is 40.8. The first kappa shape index (κ1) is 43.4. The summed E-state index contributed by atoms with van der Waals surface area (Å²) in [5.74, 6) is -1.84. The van der Waals surface area contributed by atoms with Crippen molar-refractivity contribution < 1.29 is 98.9 Å². The van der Waals surface area contributed by atoms with Gasteiger partial charge in [-0.3, -0.25) is 0 Å². The van der Waals surface area contributed by atoms with Gasteiger partial charge in [0.1, 0.15) is 61.0 Å². The summed E-state index contributed by atoms with van der Waals surface area (Å²) in [7, 11) is 1.37. The van der Waals surface area contributed by atoms with Crippen LogP contribution in [0.3, 0.4) is 0 Å². The zero-order valence-electron chi connectivity index (χ0n) is 30.2. The Hall–Kier alpha value is -3.71. The molecular formula is C36H48O20. The van der Waals surface area contributed by atoms with E-state index in [0.29, 0.717) is 5.56 Å². The zero-order valence-corrected chi connectivity index (χ0v) is 30.2. The second kappa shape index (κ2) is 19.2. The molecule has 2 aromatic carbocycles. The summed E-state index contributed by atoms with van der Waals surface area (Å²) in [5, 5.41) is 113. The highest BCUT2D eigenvalue weighted by atomic mass is 16.8. The van der Waals surface area contributed by atoms with E-state index in [1.54, 1.807) is 12.1 Å². The van der Waals surface area contributed by atoms with Crippen LogP contribution in [0.2, 0.25) is 0 Å². The lowest BCUT2D eigenvalue weighted by Gasteiger charge is -2.47. The minimum Gasteiger partial charge on any atom is -0.504 e. The standard InChI is InChI=1S/C36H48O20/c1-15-25(42)27(44)30(47)36(52-15)56-33-31(48)35(50-10-9-17-4-7-19(39)21(12-17)49-2)54-23(14-51-34-29(46)28(45)26(43)22(13-37)53-34)32(33)55-24(41)8-5-16-3-6-18(38)20(40)11-16/h3-8,11-12,15,22-23,25-40,42-48H,9-10,13-14H2,1-2H3. The van der Waals surface area contributed by atoms with Crippen LogP contribution < -0.4 is 4.74 Å². The van der Waals surface area contributed by atoms with E-state index in [4.69, 9.17) is 37.9 Å². The topological polar surface area (TPSA) is 313 Å². The summed E-state index contributed by atoms with van der Waals surface area (Å²) < 4.78 is 45.6. The fourth-order valence-corrected chi connectivity index (χ4v) is 6.29. The number of rotatable bonds is 14. The van der Waals surface area contributed by atoms with Crippen molar-refractivity contribution in [2.45, 2.75) is 105 Å². The van der Waals surface area contributed by atoms with E-state index in [1.807, 2.05) is 0 Å². The number of carbonyl (C=O) groups excluding carboxylic acids is 1. The highest BCUT2D eigenvalue weighted by Gasteiger charge is 2.53. The average Bonchev–Trinajstić information content (AvgIpc) is 3.18. The molecule has 20 heteroatoms. The van der Waals surface area contributed by atoms with Crippen LogP contribution >= 0.6 is 0 Å². The molecule has 0 saturated carbocycles. The third kappa shape index (κ3) is 10.0. The molecule has 3 saturated heterocycles. The molecule has 0 spiro atoms. The maximum absolute atomic E-state index is 13.3. The van der Waals surface area contributed by atoms with E-state index in [-0.39, 0.29) is 30.1 Å². The van der Waals surface area contributed by atoms with Crippen molar-refractivity contribution in [3.05, 3.63) is 53.6 Å². The molecule has 0 aliphatic carbocycles. The van der Waals surface area contributed by atoms with Crippen LogP contribution in [0.4, 0.5) is 0 Å². The van der Waals surface area contributed by atoms with Gasteiger partial charge < -0.3 is 94.1 Å². The van der Waals surface area contributed by atoms with Gasteiger partial charge in [-0.05, 0) is 54.8 Å². The van der Waals surface area contributed by atoms with Crippen molar-refractivity contribution in [1.82, 2.24) is 0 Å². The Kier molecular flexibility index (Phi) is 14.9. The van der Waals surface area contributed by atoms with Crippen LogP contribution in [0.1, 0.15) is 18.1 Å². The number of aliphatic hydroxyl groups excluding tert-OH is 8. The molecular weight excluding hydrogens is 752 g/mol. The summed E-state index contributed by atoms with van der Waals surface area (Å²) in [4.78, 5) is 13.3. The van der Waals surface area contributed by atoms with E-state index >= 15 is 0 Å². The molecule has 0 bridgehead atoms. The predicted octanol–water partition coefficient (Wildman–Crippen LogP) is -2.89. The summed E-state index contributed by atoms with van der Waals surface area (Å²) in [6.45, 7) is -0.158. The first-order valence-corrected chi connectivity index (χ1v) is 17.6. The first-order chi connectivity index (χ1) is 26.6. The predicted molar refractivity (Wildman–Crippen MR) is 185 cm³/mol. The number of ether oxygens (including phenoxy) is 8. The summed E-state index contributed by atoms with van der Waals surface area (Å²) in [5.41, 5.74) is 0.925. The van der Waals surface area contributed by atoms with Gasteiger partial charge in [-0.2, -0.15) is 0 Å². The molecule has 3 heterocycles. The number of benzene rings is 2. The van der Waals surface area contributed by atoms with Crippen LogP contribution in [0.15, 0.2) is 42.5 Å². The highest BCUT2D eigenvalue weighted by Crippen LogP contribution is 2.33. The molecule has 0 amide bonds. The van der Waals surface area contributed by atoms with Crippen LogP contribution in [0.25, 0.3) is 6.08 Å². The SMILES string of the molecule is COc1cc(CCOC2OC(COC3OC(CO)C(O)C(O)C3O)C(OC(=O)C=Cc3ccc(O)c(O)c3)C(OC3OC(C)C(O)C(O)C3O)C2O)ccc1O. The second-order valence-electron chi connectivity index (χ2n) is 13.5. The third-order valence-corrected chi connectivity index (χ3v) is 9.57. The Morgan fingerprint density at radius 1 is 0.714 bits per heavy atom. The van der Waals surface area contributed by atoms with Crippen LogP contribution in [-0.2, 0) is 44.4 Å². The van der Waals surface area contributed by atoms with Crippen molar-refractivity contribution in [3.8, 4) is 23.0 Å². The number of phenolic OH excluding ortho intramolecular Hbond substituents is 3. The minimum absolute atomic E-state index is 0.0961. The second-order valence-corrected chi connectivity index (χ2v) is 13.5. The largest absolute Gasteiger partial charge is 0.504 e. The molecule has 0 aromatic heterocycles. The Morgan fingerprint density at radius 2 is 1.38 bits per heavy atom. The quantitative estimate of drug-likeness (QED) is 0.0519. The smallest absolute Gasteiger partial charge is 0.331 e. The summed E-state index contributed by atoms with van der Waals surface area (Å²) in [6, 6.07) is 8.31. The van der Waals surface area contributed by atoms with E-state index in [0.717, 1.165) is 12.1 Å². The molecule has 3 aliphatic rings. The number of hydrogen-bond acceptors (Lipinski definition) is 20. The van der Waals surface area contributed by atoms with Crippen molar-refractivity contribution >= 4 is 12.0 Å². The number of phenols is 3. The van der Waals surface area contributed by atoms with Gasteiger partial charge in [0.2, 0.25) is 0 Å². The number of aromatic hydroxyl groups is 3. The van der Waals surface area contributed by atoms with E-state index in [9.17, 15) is 61.0 Å². The molecule has 2 aromatic rings. The number of esters is 1. The molecule has 20 nitrogen and oxygen atoms in total. The van der Waals surface area contributed by atoms with Gasteiger partial charge in [-0.25, -0.2) is 4.79 Å². The van der Waals surface area contributed by atoms with E-state index < -0.39 is 123 Å². The molecule has 5 rings (SSSR count). The van der Waals surface area contributed by atoms with Gasteiger partial charge in [0.05, 0.1) is 33.0 Å². The molecule has 3 fully saturated rings. The van der Waals surface area contributed by atoms with Gasteiger partial charge in [0, 0.05) is 6.08 Å². The van der Waals surface area contributed by atoms with Crippen molar-refractivity contribution in [2.75, 3.05) is 26.9 Å². The van der Waals surface area contributed by atoms with Crippen molar-refractivity contribution in [2.24, 2.45) is 0 Å². The molecule has 15 atom stereocenters. The average molecular weight is 801 g/mol. The fourth-order valence-electron chi connectivity index (χ4n) is 6.29. The number of carbonyl (C=O) groups is 1. The van der Waals surface area contributed by atoms with E-state index in [2.05, 4.69) is 0 Å². The van der Waals surface area contributed by atoms with Gasteiger partial charge in [-0.1, -0.05) is 12.1 Å². The monoisotopic (exact) mass is 800 g/mol. The lowest BCUT2D eigenvalue weighted by atomic mass is 9.96. The van der Waals surface area contributed by atoms with Crippen molar-refractivity contribution in [1.29, 1.82) is 0 Å². The minimum atomic E-state index is -1.87. The van der Waals surface area contributed by atoms with Gasteiger partial charge in [0.15, 0.2) is 48.0 Å². The third-order valence-electron chi connectivity index (χ3n) is 9.57. The molecule has 3 aliphatic heterocycles. The fraction of sp³-hybridized carbons (Fsp3) is 0.583. The molecule has 11 N–H and O–H groups in total. The molecule has 15 unspecified atom stereocenters. The van der Waals surface area contributed by atoms with Crippen LogP contribution in [0.5, 0.6) is 23.0 Å². The Balaban J connectivity index is 1.44. The molecule has 0 radical (unpaired) electrons. The molecule has 312 valence electrons. The Morgan fingerprint density at radius 3 is 2.07 bits per heavy atom. The maximum atomic E-state index is 13.3.